The number of hydrogen-bond donors (Lipinski definition) is 2. The van der Waals surface area contributed by atoms with Crippen LogP contribution in [0.5, 0.6) is 0 Å². The van der Waals surface area contributed by atoms with Crippen LogP contribution in [0.15, 0.2) is 47.1 Å². The predicted octanol–water partition coefficient (Wildman–Crippen LogP) is 3.50. The second-order valence-electron chi connectivity index (χ2n) is 6.90. The average molecular weight is 370 g/mol. The van der Waals surface area contributed by atoms with Gasteiger partial charge in [-0.2, -0.15) is 0 Å². The molecule has 144 valence electrons. The molecule has 1 aliphatic carbocycles. The van der Waals surface area contributed by atoms with Crippen LogP contribution in [0.25, 0.3) is 0 Å². The number of ether oxygens (including phenoxy) is 1. The molecule has 1 fully saturated rings. The van der Waals surface area contributed by atoms with E-state index in [-0.39, 0.29) is 17.6 Å². The number of nitrogens with one attached hydrogen (secondary N) is 2. The molecule has 0 spiro atoms. The van der Waals surface area contributed by atoms with E-state index in [4.69, 9.17) is 9.15 Å². The van der Waals surface area contributed by atoms with E-state index >= 15 is 0 Å². The molecule has 2 N–H and O–H groups in total. The van der Waals surface area contributed by atoms with E-state index in [0.29, 0.717) is 18.8 Å². The van der Waals surface area contributed by atoms with Crippen molar-refractivity contribution in [1.82, 2.24) is 5.32 Å². The minimum atomic E-state index is -0.504. The number of furan rings is 1. The van der Waals surface area contributed by atoms with Crippen molar-refractivity contribution < 1.29 is 18.7 Å². The molecular formula is C21H26N2O4. The Morgan fingerprint density at radius 3 is 2.48 bits per heavy atom. The summed E-state index contributed by atoms with van der Waals surface area (Å²) in [4.78, 5) is 25.1. The Hall–Kier alpha value is -2.60. The van der Waals surface area contributed by atoms with E-state index < -0.39 is 5.41 Å². The first-order chi connectivity index (χ1) is 13.2. The normalized spacial score (nSPS) is 15.9. The molecular weight excluding hydrogens is 344 g/mol. The summed E-state index contributed by atoms with van der Waals surface area (Å²) < 4.78 is 10.1. The molecule has 6 nitrogen and oxygen atoms in total. The quantitative estimate of drug-likeness (QED) is 0.731. The zero-order valence-corrected chi connectivity index (χ0v) is 15.6. The monoisotopic (exact) mass is 370 g/mol. The molecule has 0 aliphatic heterocycles. The van der Waals surface area contributed by atoms with Crippen LogP contribution < -0.4 is 10.6 Å². The number of hydrogen-bond acceptors (Lipinski definition) is 4. The van der Waals surface area contributed by atoms with Gasteiger partial charge in [0.2, 0.25) is 5.91 Å². The predicted molar refractivity (Wildman–Crippen MR) is 103 cm³/mol. The molecule has 27 heavy (non-hydrogen) atoms. The Morgan fingerprint density at radius 1 is 1.11 bits per heavy atom. The van der Waals surface area contributed by atoms with Crippen LogP contribution in [0.4, 0.5) is 5.69 Å². The molecule has 0 unspecified atom stereocenters. The Bertz CT molecular complexity index is 747. The summed E-state index contributed by atoms with van der Waals surface area (Å²) in [6, 6.07) is 10.9. The molecule has 1 aliphatic rings. The highest BCUT2D eigenvalue weighted by Crippen LogP contribution is 2.40. The third-order valence-electron chi connectivity index (χ3n) is 5.17. The maximum atomic E-state index is 13.0. The summed E-state index contributed by atoms with van der Waals surface area (Å²) in [7, 11) is 1.62. The molecule has 0 bridgehead atoms. The minimum Gasteiger partial charge on any atom is -0.459 e. The van der Waals surface area contributed by atoms with Crippen molar-refractivity contribution in [2.45, 2.75) is 37.5 Å². The van der Waals surface area contributed by atoms with Crippen LogP contribution in [0.3, 0.4) is 0 Å². The van der Waals surface area contributed by atoms with Crippen molar-refractivity contribution in [3.8, 4) is 0 Å². The highest BCUT2D eigenvalue weighted by atomic mass is 16.5. The fourth-order valence-electron chi connectivity index (χ4n) is 3.71. The molecule has 1 aromatic heterocycles. The molecule has 1 saturated carbocycles. The Morgan fingerprint density at radius 2 is 1.85 bits per heavy atom. The molecule has 2 aromatic rings. The summed E-state index contributed by atoms with van der Waals surface area (Å²) in [6.45, 7) is 1.01. The number of rotatable bonds is 7. The second-order valence-corrected chi connectivity index (χ2v) is 6.90. The van der Waals surface area contributed by atoms with Crippen molar-refractivity contribution in [1.29, 1.82) is 0 Å². The van der Waals surface area contributed by atoms with E-state index in [1.54, 1.807) is 19.2 Å². The van der Waals surface area contributed by atoms with Crippen molar-refractivity contribution in [3.05, 3.63) is 54.0 Å². The molecule has 2 amide bonds. The zero-order chi connectivity index (χ0) is 19.1. The van der Waals surface area contributed by atoms with Crippen molar-refractivity contribution in [2.75, 3.05) is 25.6 Å². The van der Waals surface area contributed by atoms with Crippen LogP contribution in [-0.4, -0.2) is 32.1 Å². The molecule has 0 saturated heterocycles. The number of carbonyl (C=O) groups is 2. The highest BCUT2D eigenvalue weighted by Gasteiger charge is 2.40. The molecule has 0 atom stereocenters. The summed E-state index contributed by atoms with van der Waals surface area (Å²) in [5.74, 6) is 0.0319. The van der Waals surface area contributed by atoms with Gasteiger partial charge in [-0.25, -0.2) is 0 Å². The number of methoxy groups -OCH3 is 1. The Kier molecular flexibility index (Phi) is 6.29. The van der Waals surface area contributed by atoms with Gasteiger partial charge in [0.15, 0.2) is 5.76 Å². The Balaban J connectivity index is 1.75. The van der Waals surface area contributed by atoms with Gasteiger partial charge in [-0.1, -0.05) is 31.4 Å². The lowest BCUT2D eigenvalue weighted by Gasteiger charge is -2.36. The first kappa shape index (κ1) is 19.2. The summed E-state index contributed by atoms with van der Waals surface area (Å²) >= 11 is 0. The summed E-state index contributed by atoms with van der Waals surface area (Å²) in [5.41, 5.74) is 1.16. The number of anilines is 1. The van der Waals surface area contributed by atoms with Crippen LogP contribution >= 0.6 is 0 Å². The van der Waals surface area contributed by atoms with E-state index in [1.807, 2.05) is 24.3 Å². The topological polar surface area (TPSA) is 80.6 Å². The van der Waals surface area contributed by atoms with Crippen LogP contribution in [-0.2, 0) is 14.9 Å². The van der Waals surface area contributed by atoms with E-state index in [2.05, 4.69) is 10.6 Å². The first-order valence-electron chi connectivity index (χ1n) is 9.38. The Labute approximate surface area is 159 Å². The van der Waals surface area contributed by atoms with Gasteiger partial charge in [-0.05, 0) is 42.7 Å². The van der Waals surface area contributed by atoms with Gasteiger partial charge in [-0.3, -0.25) is 9.59 Å². The first-order valence-corrected chi connectivity index (χ1v) is 9.38. The van der Waals surface area contributed by atoms with Crippen LogP contribution in [0, 0.1) is 0 Å². The van der Waals surface area contributed by atoms with Gasteiger partial charge in [0.05, 0.1) is 18.3 Å². The van der Waals surface area contributed by atoms with E-state index in [1.165, 1.54) is 6.26 Å². The van der Waals surface area contributed by atoms with Crippen molar-refractivity contribution in [2.24, 2.45) is 0 Å². The lowest BCUT2D eigenvalue weighted by Crippen LogP contribution is -2.46. The number of amides is 2. The van der Waals surface area contributed by atoms with Gasteiger partial charge in [-0.15, -0.1) is 0 Å². The smallest absolute Gasteiger partial charge is 0.291 e. The summed E-state index contributed by atoms with van der Waals surface area (Å²) in [6.07, 6.45) is 6.37. The fraction of sp³-hybridized carbons (Fsp3) is 0.429. The number of carbonyl (C=O) groups excluding carboxylic acids is 2. The largest absolute Gasteiger partial charge is 0.459 e. The average Bonchev–Trinajstić information content (AvgIpc) is 3.24. The standard InChI is InChI=1S/C21H26N2O4/c1-26-15-13-22-20(25)21(11-3-2-4-12-21)16-7-9-17(10-8-16)23-19(24)18-6-5-14-27-18/h5-10,14H,2-4,11-13,15H2,1H3,(H,22,25)(H,23,24). The molecule has 1 aromatic carbocycles. The molecule has 3 rings (SSSR count). The molecule has 1 heterocycles. The van der Waals surface area contributed by atoms with Gasteiger partial charge in [0, 0.05) is 19.3 Å². The van der Waals surface area contributed by atoms with E-state index in [9.17, 15) is 9.59 Å². The lowest BCUT2D eigenvalue weighted by molar-refractivity contribution is -0.128. The number of benzene rings is 1. The van der Waals surface area contributed by atoms with E-state index in [0.717, 1.165) is 37.7 Å². The van der Waals surface area contributed by atoms with Crippen molar-refractivity contribution >= 4 is 17.5 Å². The molecule has 0 radical (unpaired) electrons. The maximum absolute atomic E-state index is 13.0. The van der Waals surface area contributed by atoms with Crippen molar-refractivity contribution in [3.63, 3.8) is 0 Å². The minimum absolute atomic E-state index is 0.0617. The van der Waals surface area contributed by atoms with Crippen LogP contribution in [0.2, 0.25) is 0 Å². The lowest BCUT2D eigenvalue weighted by atomic mass is 9.68. The highest BCUT2D eigenvalue weighted by molar-refractivity contribution is 6.02. The maximum Gasteiger partial charge on any atom is 0.291 e. The second kappa shape index (κ2) is 8.86. The van der Waals surface area contributed by atoms with Gasteiger partial charge < -0.3 is 19.8 Å². The van der Waals surface area contributed by atoms with Crippen LogP contribution in [0.1, 0.15) is 48.2 Å². The van der Waals surface area contributed by atoms with Gasteiger partial charge in [0.1, 0.15) is 0 Å². The van der Waals surface area contributed by atoms with Gasteiger partial charge in [0.25, 0.3) is 5.91 Å². The SMILES string of the molecule is COCCNC(=O)C1(c2ccc(NC(=O)c3ccco3)cc2)CCCCC1. The molecule has 6 heteroatoms. The third kappa shape index (κ3) is 4.39. The fourth-order valence-corrected chi connectivity index (χ4v) is 3.71. The van der Waals surface area contributed by atoms with Gasteiger partial charge >= 0.3 is 0 Å². The third-order valence-corrected chi connectivity index (χ3v) is 5.17. The summed E-state index contributed by atoms with van der Waals surface area (Å²) in [5, 5.41) is 5.82. The zero-order valence-electron chi connectivity index (χ0n) is 15.6.